The van der Waals surface area contributed by atoms with E-state index in [4.69, 9.17) is 0 Å². The molecule has 1 heterocycles. The van der Waals surface area contributed by atoms with Gasteiger partial charge in [-0.25, -0.2) is 0 Å². The SMILES string of the molecule is CN[C@@H](CC(C)C)C(=O)N[C@@H](C)C(=O)N1CCCCC1. The van der Waals surface area contributed by atoms with Crippen molar-refractivity contribution in [3.05, 3.63) is 0 Å². The minimum atomic E-state index is -0.441. The number of nitrogens with one attached hydrogen (secondary N) is 2. The molecule has 2 amide bonds. The van der Waals surface area contributed by atoms with E-state index in [-0.39, 0.29) is 17.9 Å². The van der Waals surface area contributed by atoms with Crippen LogP contribution in [-0.2, 0) is 9.59 Å². The number of nitrogens with zero attached hydrogens (tertiary/aromatic N) is 1. The summed E-state index contributed by atoms with van der Waals surface area (Å²) in [7, 11) is 1.78. The molecule has 1 fully saturated rings. The predicted octanol–water partition coefficient (Wildman–Crippen LogP) is 1.14. The monoisotopic (exact) mass is 283 g/mol. The lowest BCUT2D eigenvalue weighted by atomic mass is 10.0. The molecule has 0 aromatic rings. The van der Waals surface area contributed by atoms with E-state index in [1.54, 1.807) is 14.0 Å². The van der Waals surface area contributed by atoms with Crippen molar-refractivity contribution >= 4 is 11.8 Å². The number of likely N-dealkylation sites (N-methyl/N-ethyl adjacent to an activating group) is 1. The molecule has 0 aromatic heterocycles. The predicted molar refractivity (Wildman–Crippen MR) is 80.3 cm³/mol. The van der Waals surface area contributed by atoms with E-state index in [1.165, 1.54) is 6.42 Å². The second kappa shape index (κ2) is 8.25. The van der Waals surface area contributed by atoms with Crippen LogP contribution in [0.15, 0.2) is 0 Å². The van der Waals surface area contributed by atoms with Gasteiger partial charge in [-0.3, -0.25) is 9.59 Å². The van der Waals surface area contributed by atoms with Gasteiger partial charge in [-0.1, -0.05) is 13.8 Å². The maximum Gasteiger partial charge on any atom is 0.244 e. The van der Waals surface area contributed by atoms with Gasteiger partial charge >= 0.3 is 0 Å². The minimum Gasteiger partial charge on any atom is -0.343 e. The quantitative estimate of drug-likeness (QED) is 0.768. The first kappa shape index (κ1) is 17.0. The summed E-state index contributed by atoms with van der Waals surface area (Å²) in [4.78, 5) is 26.3. The van der Waals surface area contributed by atoms with Crippen LogP contribution in [0.25, 0.3) is 0 Å². The van der Waals surface area contributed by atoms with Gasteiger partial charge in [0, 0.05) is 13.1 Å². The van der Waals surface area contributed by atoms with Crippen molar-refractivity contribution in [2.75, 3.05) is 20.1 Å². The lowest BCUT2D eigenvalue weighted by Gasteiger charge is -2.30. The molecule has 0 aromatic carbocycles. The highest BCUT2D eigenvalue weighted by molar-refractivity contribution is 5.89. The van der Waals surface area contributed by atoms with Crippen molar-refractivity contribution in [3.8, 4) is 0 Å². The molecule has 2 N–H and O–H groups in total. The molecule has 0 bridgehead atoms. The summed E-state index contributed by atoms with van der Waals surface area (Å²) in [6, 6.07) is -0.671. The number of carbonyl (C=O) groups excluding carboxylic acids is 2. The van der Waals surface area contributed by atoms with E-state index in [9.17, 15) is 9.59 Å². The topological polar surface area (TPSA) is 61.4 Å². The average Bonchev–Trinajstić information content (AvgIpc) is 2.44. The van der Waals surface area contributed by atoms with E-state index >= 15 is 0 Å². The van der Waals surface area contributed by atoms with E-state index in [1.807, 2.05) is 4.90 Å². The van der Waals surface area contributed by atoms with Crippen LogP contribution < -0.4 is 10.6 Å². The van der Waals surface area contributed by atoms with Crippen LogP contribution in [-0.4, -0.2) is 48.9 Å². The standard InChI is InChI=1S/C15H29N3O2/c1-11(2)10-13(16-4)14(19)17-12(3)15(20)18-8-6-5-7-9-18/h11-13,16H,5-10H2,1-4H3,(H,17,19)/t12-,13-/m0/s1. The Morgan fingerprint density at radius 3 is 2.20 bits per heavy atom. The molecular weight excluding hydrogens is 254 g/mol. The lowest BCUT2D eigenvalue weighted by molar-refractivity contribution is -0.137. The third kappa shape index (κ3) is 5.12. The fourth-order valence-corrected chi connectivity index (χ4v) is 2.59. The van der Waals surface area contributed by atoms with Crippen LogP contribution in [0, 0.1) is 5.92 Å². The van der Waals surface area contributed by atoms with Crippen LogP contribution in [0.2, 0.25) is 0 Å². The molecule has 20 heavy (non-hydrogen) atoms. The van der Waals surface area contributed by atoms with Crippen molar-refractivity contribution in [3.63, 3.8) is 0 Å². The van der Waals surface area contributed by atoms with Gasteiger partial charge in [-0.15, -0.1) is 0 Å². The Balaban J connectivity index is 2.48. The van der Waals surface area contributed by atoms with Gasteiger partial charge in [0.1, 0.15) is 6.04 Å². The van der Waals surface area contributed by atoms with E-state index < -0.39 is 6.04 Å². The maximum absolute atomic E-state index is 12.3. The largest absolute Gasteiger partial charge is 0.343 e. The fourth-order valence-electron chi connectivity index (χ4n) is 2.59. The zero-order valence-electron chi connectivity index (χ0n) is 13.2. The number of rotatable bonds is 6. The smallest absolute Gasteiger partial charge is 0.244 e. The van der Waals surface area contributed by atoms with Crippen molar-refractivity contribution in [2.45, 2.75) is 58.5 Å². The van der Waals surface area contributed by atoms with Crippen molar-refractivity contribution in [1.29, 1.82) is 0 Å². The van der Waals surface area contributed by atoms with Gasteiger partial charge in [-0.05, 0) is 45.6 Å². The highest BCUT2D eigenvalue weighted by Gasteiger charge is 2.26. The number of likely N-dealkylation sites (tertiary alicyclic amines) is 1. The number of amides is 2. The number of hydrogen-bond acceptors (Lipinski definition) is 3. The second-order valence-electron chi connectivity index (χ2n) is 6.09. The molecule has 5 nitrogen and oxygen atoms in total. The van der Waals surface area contributed by atoms with E-state index in [0.29, 0.717) is 5.92 Å². The summed E-state index contributed by atoms with van der Waals surface area (Å²) in [5, 5.41) is 5.86. The van der Waals surface area contributed by atoms with E-state index in [0.717, 1.165) is 32.4 Å². The highest BCUT2D eigenvalue weighted by atomic mass is 16.2. The van der Waals surface area contributed by atoms with Crippen LogP contribution in [0.5, 0.6) is 0 Å². The summed E-state index contributed by atoms with van der Waals surface area (Å²) in [5.74, 6) is 0.391. The van der Waals surface area contributed by atoms with Gasteiger partial charge in [0.25, 0.3) is 0 Å². The van der Waals surface area contributed by atoms with Crippen molar-refractivity contribution < 1.29 is 9.59 Å². The molecule has 1 aliphatic rings. The fraction of sp³-hybridized carbons (Fsp3) is 0.867. The maximum atomic E-state index is 12.3. The molecule has 0 unspecified atom stereocenters. The zero-order valence-corrected chi connectivity index (χ0v) is 13.2. The van der Waals surface area contributed by atoms with Gasteiger partial charge in [0.15, 0.2) is 0 Å². The van der Waals surface area contributed by atoms with Crippen molar-refractivity contribution in [2.24, 2.45) is 5.92 Å². The molecule has 0 saturated carbocycles. The number of piperidine rings is 1. The van der Waals surface area contributed by atoms with E-state index in [2.05, 4.69) is 24.5 Å². The van der Waals surface area contributed by atoms with Crippen LogP contribution in [0.3, 0.4) is 0 Å². The molecule has 2 atom stereocenters. The van der Waals surface area contributed by atoms with Crippen LogP contribution in [0.1, 0.15) is 46.5 Å². The molecule has 116 valence electrons. The first-order valence-corrected chi connectivity index (χ1v) is 7.72. The Kier molecular flexibility index (Phi) is 6.99. The van der Waals surface area contributed by atoms with Gasteiger partial charge in [0.2, 0.25) is 11.8 Å². The summed E-state index contributed by atoms with van der Waals surface area (Å²) >= 11 is 0. The normalized spacial score (nSPS) is 18.8. The Labute approximate surface area is 122 Å². The Morgan fingerprint density at radius 2 is 1.70 bits per heavy atom. The third-order valence-corrected chi connectivity index (χ3v) is 3.77. The zero-order chi connectivity index (χ0) is 15.1. The molecule has 1 rings (SSSR count). The summed E-state index contributed by atoms with van der Waals surface area (Å²) in [6.07, 6.45) is 4.10. The number of carbonyl (C=O) groups is 2. The minimum absolute atomic E-state index is 0.0393. The molecule has 1 aliphatic heterocycles. The molecule has 0 spiro atoms. The van der Waals surface area contributed by atoms with Gasteiger partial charge < -0.3 is 15.5 Å². The third-order valence-electron chi connectivity index (χ3n) is 3.77. The molecule has 1 saturated heterocycles. The molecule has 0 radical (unpaired) electrons. The van der Waals surface area contributed by atoms with Crippen LogP contribution in [0.4, 0.5) is 0 Å². The van der Waals surface area contributed by atoms with Crippen LogP contribution >= 0.6 is 0 Å². The summed E-state index contributed by atoms with van der Waals surface area (Å²) < 4.78 is 0. The molecule has 5 heteroatoms. The molecule has 0 aliphatic carbocycles. The Hall–Kier alpha value is -1.10. The number of hydrogen-bond donors (Lipinski definition) is 2. The average molecular weight is 283 g/mol. The first-order valence-electron chi connectivity index (χ1n) is 7.72. The first-order chi connectivity index (χ1) is 9.45. The summed E-state index contributed by atoms with van der Waals surface area (Å²) in [5.41, 5.74) is 0. The van der Waals surface area contributed by atoms with Gasteiger partial charge in [0.05, 0.1) is 6.04 Å². The summed E-state index contributed by atoms with van der Waals surface area (Å²) in [6.45, 7) is 7.58. The lowest BCUT2D eigenvalue weighted by Crippen LogP contribution is -2.52. The second-order valence-corrected chi connectivity index (χ2v) is 6.09. The van der Waals surface area contributed by atoms with Gasteiger partial charge in [-0.2, -0.15) is 0 Å². The highest BCUT2D eigenvalue weighted by Crippen LogP contribution is 2.10. The molecular formula is C15H29N3O2. The van der Waals surface area contributed by atoms with Crippen molar-refractivity contribution in [1.82, 2.24) is 15.5 Å². The Bertz CT molecular complexity index is 325. The Morgan fingerprint density at radius 1 is 1.10 bits per heavy atom.